The van der Waals surface area contributed by atoms with Gasteiger partial charge in [0.25, 0.3) is 0 Å². The summed E-state index contributed by atoms with van der Waals surface area (Å²) in [6.45, 7) is 7.98. The van der Waals surface area contributed by atoms with Crippen LogP contribution in [-0.4, -0.2) is 27.5 Å². The molecule has 118 valence electrons. The number of carbonyl (C=O) groups excluding carboxylic acids is 1. The minimum absolute atomic E-state index is 0.183. The first-order valence-electron chi connectivity index (χ1n) is 8.04. The minimum atomic E-state index is -0.500. The molecule has 1 saturated carbocycles. The highest BCUT2D eigenvalue weighted by atomic mass is 16.1. The van der Waals surface area contributed by atoms with Gasteiger partial charge in [0.1, 0.15) is 5.54 Å². The molecule has 1 aromatic rings. The molecule has 3 N–H and O–H groups in total. The summed E-state index contributed by atoms with van der Waals surface area (Å²) >= 11 is 0. The molecule has 1 aromatic heterocycles. The lowest BCUT2D eigenvalue weighted by Crippen LogP contribution is -2.58. The van der Waals surface area contributed by atoms with Gasteiger partial charge in [-0.1, -0.05) is 13.3 Å². The zero-order valence-corrected chi connectivity index (χ0v) is 13.5. The predicted octanol–water partition coefficient (Wildman–Crippen LogP) is 1.91. The second-order valence-corrected chi connectivity index (χ2v) is 6.25. The van der Waals surface area contributed by atoms with E-state index in [1.165, 1.54) is 5.69 Å². The SMILES string of the molecule is CCCNC1(C(N)=O)CCCC1CCn1cnc(C)c1C. The number of nitrogens with zero attached hydrogens (tertiary/aromatic N) is 2. The minimum Gasteiger partial charge on any atom is -0.368 e. The zero-order valence-electron chi connectivity index (χ0n) is 13.5. The molecule has 0 bridgehead atoms. The summed E-state index contributed by atoms with van der Waals surface area (Å²) in [5.41, 5.74) is 7.53. The van der Waals surface area contributed by atoms with E-state index in [-0.39, 0.29) is 5.91 Å². The van der Waals surface area contributed by atoms with Crippen LogP contribution in [-0.2, 0) is 11.3 Å². The largest absolute Gasteiger partial charge is 0.368 e. The molecule has 5 nitrogen and oxygen atoms in total. The van der Waals surface area contributed by atoms with Crippen molar-refractivity contribution < 1.29 is 4.79 Å². The van der Waals surface area contributed by atoms with E-state index < -0.39 is 5.54 Å². The van der Waals surface area contributed by atoms with Gasteiger partial charge in [0, 0.05) is 12.2 Å². The highest BCUT2D eigenvalue weighted by Gasteiger charge is 2.46. The average molecular weight is 292 g/mol. The third-order valence-corrected chi connectivity index (χ3v) is 5.01. The fourth-order valence-corrected chi connectivity index (χ4v) is 3.53. The van der Waals surface area contributed by atoms with Crippen LogP contribution in [0.15, 0.2) is 6.33 Å². The summed E-state index contributed by atoms with van der Waals surface area (Å²) in [5.74, 6) is 0.139. The monoisotopic (exact) mass is 292 g/mol. The lowest BCUT2D eigenvalue weighted by atomic mass is 9.83. The van der Waals surface area contributed by atoms with Crippen LogP contribution in [0.1, 0.15) is 50.4 Å². The van der Waals surface area contributed by atoms with E-state index in [2.05, 4.69) is 28.7 Å². The number of hydrogen-bond donors (Lipinski definition) is 2. The molecule has 0 aromatic carbocycles. The van der Waals surface area contributed by atoms with Gasteiger partial charge >= 0.3 is 0 Å². The smallest absolute Gasteiger partial charge is 0.238 e. The highest BCUT2D eigenvalue weighted by Crippen LogP contribution is 2.38. The van der Waals surface area contributed by atoms with Crippen LogP contribution in [0.25, 0.3) is 0 Å². The Morgan fingerprint density at radius 2 is 2.33 bits per heavy atom. The molecule has 0 saturated heterocycles. The Labute approximate surface area is 127 Å². The van der Waals surface area contributed by atoms with Crippen LogP contribution >= 0.6 is 0 Å². The quantitative estimate of drug-likeness (QED) is 0.806. The summed E-state index contributed by atoms with van der Waals surface area (Å²) in [5, 5.41) is 3.45. The van der Waals surface area contributed by atoms with Crippen LogP contribution in [0.5, 0.6) is 0 Å². The van der Waals surface area contributed by atoms with Gasteiger partial charge in [0.2, 0.25) is 5.91 Å². The Hall–Kier alpha value is -1.36. The topological polar surface area (TPSA) is 72.9 Å². The van der Waals surface area contributed by atoms with Gasteiger partial charge in [-0.15, -0.1) is 0 Å². The number of primary amides is 1. The molecule has 0 aliphatic heterocycles. The van der Waals surface area contributed by atoms with E-state index in [1.807, 2.05) is 13.3 Å². The molecule has 2 atom stereocenters. The Kier molecular flexibility index (Phi) is 5.04. The maximum absolute atomic E-state index is 12.1. The van der Waals surface area contributed by atoms with Gasteiger partial charge in [-0.05, 0) is 52.0 Å². The van der Waals surface area contributed by atoms with Gasteiger partial charge < -0.3 is 15.6 Å². The standard InChI is InChI=1S/C16H28N4O/c1-4-9-19-16(15(17)21)8-5-6-14(16)7-10-20-11-18-12(2)13(20)3/h11,14,19H,4-10H2,1-3H3,(H2,17,21). The molecule has 2 unspecified atom stereocenters. The van der Waals surface area contributed by atoms with Crippen molar-refractivity contribution in [3.63, 3.8) is 0 Å². The Morgan fingerprint density at radius 1 is 1.57 bits per heavy atom. The van der Waals surface area contributed by atoms with Gasteiger partial charge in [0.05, 0.1) is 12.0 Å². The van der Waals surface area contributed by atoms with Crippen LogP contribution in [0.4, 0.5) is 0 Å². The normalized spacial score (nSPS) is 25.4. The maximum Gasteiger partial charge on any atom is 0.238 e. The molecule has 0 radical (unpaired) electrons. The van der Waals surface area contributed by atoms with Gasteiger partial charge in [-0.25, -0.2) is 4.98 Å². The molecule has 1 heterocycles. The third kappa shape index (κ3) is 3.12. The number of aromatic nitrogens is 2. The fraction of sp³-hybridized carbons (Fsp3) is 0.750. The Bertz CT molecular complexity index is 496. The van der Waals surface area contributed by atoms with Crippen molar-refractivity contribution in [1.29, 1.82) is 0 Å². The molecule has 1 amide bonds. The van der Waals surface area contributed by atoms with E-state index in [0.29, 0.717) is 5.92 Å². The highest BCUT2D eigenvalue weighted by molar-refractivity contribution is 5.85. The molecule has 5 heteroatoms. The van der Waals surface area contributed by atoms with E-state index in [9.17, 15) is 4.79 Å². The van der Waals surface area contributed by atoms with Crippen LogP contribution < -0.4 is 11.1 Å². The molecule has 0 spiro atoms. The van der Waals surface area contributed by atoms with Crippen molar-refractivity contribution in [1.82, 2.24) is 14.9 Å². The Balaban J connectivity index is 2.06. The van der Waals surface area contributed by atoms with Crippen LogP contribution in [0.2, 0.25) is 0 Å². The lowest BCUT2D eigenvalue weighted by molar-refractivity contribution is -0.126. The molecule has 1 fully saturated rings. The van der Waals surface area contributed by atoms with Crippen molar-refractivity contribution in [3.8, 4) is 0 Å². The predicted molar refractivity (Wildman–Crippen MR) is 83.9 cm³/mol. The molecular weight excluding hydrogens is 264 g/mol. The number of amides is 1. The molecular formula is C16H28N4O. The van der Waals surface area contributed by atoms with Crippen molar-refractivity contribution in [3.05, 3.63) is 17.7 Å². The van der Waals surface area contributed by atoms with E-state index >= 15 is 0 Å². The number of imidazole rings is 1. The number of nitrogens with two attached hydrogens (primary N) is 1. The summed E-state index contributed by atoms with van der Waals surface area (Å²) in [6.07, 6.45) is 6.90. The van der Waals surface area contributed by atoms with E-state index in [1.54, 1.807) is 0 Å². The second kappa shape index (κ2) is 6.60. The van der Waals surface area contributed by atoms with Gasteiger partial charge in [-0.2, -0.15) is 0 Å². The fourth-order valence-electron chi connectivity index (χ4n) is 3.53. The van der Waals surface area contributed by atoms with Crippen molar-refractivity contribution >= 4 is 5.91 Å². The first-order valence-corrected chi connectivity index (χ1v) is 8.04. The van der Waals surface area contributed by atoms with E-state index in [4.69, 9.17) is 5.73 Å². The second-order valence-electron chi connectivity index (χ2n) is 6.25. The third-order valence-electron chi connectivity index (χ3n) is 5.01. The summed E-state index contributed by atoms with van der Waals surface area (Å²) in [4.78, 5) is 16.4. The average Bonchev–Trinajstić information content (AvgIpc) is 3.01. The molecule has 21 heavy (non-hydrogen) atoms. The zero-order chi connectivity index (χ0) is 15.5. The molecule has 2 rings (SSSR count). The molecule has 1 aliphatic carbocycles. The molecule has 1 aliphatic rings. The number of carbonyl (C=O) groups is 1. The van der Waals surface area contributed by atoms with E-state index in [0.717, 1.165) is 50.9 Å². The number of rotatable bonds is 7. The number of hydrogen-bond acceptors (Lipinski definition) is 3. The number of nitrogens with one attached hydrogen (secondary N) is 1. The van der Waals surface area contributed by atoms with Crippen LogP contribution in [0.3, 0.4) is 0 Å². The summed E-state index contributed by atoms with van der Waals surface area (Å²) in [7, 11) is 0. The first kappa shape index (κ1) is 16.0. The van der Waals surface area contributed by atoms with Crippen LogP contribution in [0, 0.1) is 19.8 Å². The van der Waals surface area contributed by atoms with Crippen molar-refractivity contribution in [2.75, 3.05) is 6.54 Å². The van der Waals surface area contributed by atoms with Crippen molar-refractivity contribution in [2.45, 2.75) is 65.0 Å². The van der Waals surface area contributed by atoms with Crippen molar-refractivity contribution in [2.24, 2.45) is 11.7 Å². The van der Waals surface area contributed by atoms with Gasteiger partial charge in [-0.3, -0.25) is 4.79 Å². The maximum atomic E-state index is 12.1. The summed E-state index contributed by atoms with van der Waals surface area (Å²) < 4.78 is 2.18. The Morgan fingerprint density at radius 3 is 2.90 bits per heavy atom. The first-order chi connectivity index (χ1) is 10.0. The number of aryl methyl sites for hydroxylation is 2. The lowest BCUT2D eigenvalue weighted by Gasteiger charge is -2.34. The summed E-state index contributed by atoms with van der Waals surface area (Å²) in [6, 6.07) is 0. The van der Waals surface area contributed by atoms with Gasteiger partial charge in [0.15, 0.2) is 0 Å².